The van der Waals surface area contributed by atoms with E-state index in [9.17, 15) is 13.2 Å². The third-order valence-electron chi connectivity index (χ3n) is 5.41. The van der Waals surface area contributed by atoms with E-state index in [0.29, 0.717) is 31.6 Å². The lowest BCUT2D eigenvalue weighted by atomic mass is 10.0. The molecule has 2 rings (SSSR count). The Hall–Kier alpha value is -1.02. The van der Waals surface area contributed by atoms with Crippen LogP contribution in [0.25, 0.3) is 0 Å². The van der Waals surface area contributed by atoms with Gasteiger partial charge in [-0.15, -0.1) is 0 Å². The molecule has 2 aliphatic rings. The smallest absolute Gasteiger partial charge is 0.382 e. The van der Waals surface area contributed by atoms with Gasteiger partial charge in [-0.1, -0.05) is 0 Å². The number of rotatable bonds is 7. The molecule has 0 aromatic rings. The van der Waals surface area contributed by atoms with Crippen molar-refractivity contribution in [1.29, 1.82) is 0 Å². The average molecular weight is 364 g/mol. The zero-order valence-electron chi connectivity index (χ0n) is 15.5. The fraction of sp³-hybridized carbons (Fsp3) is 0.941. The number of nitrogens with zero attached hydrogens (tertiary/aromatic N) is 3. The molecule has 5 nitrogen and oxygen atoms in total. The highest BCUT2D eigenvalue weighted by Gasteiger charge is 2.43. The van der Waals surface area contributed by atoms with Gasteiger partial charge in [0.1, 0.15) is 6.04 Å². The minimum atomic E-state index is -4.17. The second-order valence-electron chi connectivity index (χ2n) is 7.09. The summed E-state index contributed by atoms with van der Waals surface area (Å²) in [4.78, 5) is 7.87. The number of guanidine groups is 1. The lowest BCUT2D eigenvalue weighted by Gasteiger charge is -2.40. The number of hydrogen-bond donors (Lipinski definition) is 1. The van der Waals surface area contributed by atoms with Crippen molar-refractivity contribution < 1.29 is 17.9 Å². The Kier molecular flexibility index (Phi) is 6.96. The van der Waals surface area contributed by atoms with Crippen molar-refractivity contribution in [3.8, 4) is 0 Å². The van der Waals surface area contributed by atoms with E-state index in [0.717, 1.165) is 32.1 Å². The van der Waals surface area contributed by atoms with Crippen LogP contribution in [0.2, 0.25) is 0 Å². The minimum absolute atomic E-state index is 0.303. The highest BCUT2D eigenvalue weighted by molar-refractivity contribution is 5.80. The predicted octanol–water partition coefficient (Wildman–Crippen LogP) is 2.34. The van der Waals surface area contributed by atoms with E-state index >= 15 is 0 Å². The van der Waals surface area contributed by atoms with Crippen LogP contribution in [0.5, 0.6) is 0 Å². The molecule has 1 unspecified atom stereocenters. The number of nitrogens with one attached hydrogen (secondary N) is 1. The maximum Gasteiger partial charge on any atom is 0.403 e. The van der Waals surface area contributed by atoms with Gasteiger partial charge in [0, 0.05) is 53.0 Å². The van der Waals surface area contributed by atoms with Gasteiger partial charge >= 0.3 is 6.18 Å². The Morgan fingerprint density at radius 3 is 2.36 bits per heavy atom. The van der Waals surface area contributed by atoms with Gasteiger partial charge in [0.05, 0.1) is 0 Å². The van der Waals surface area contributed by atoms with Crippen molar-refractivity contribution in [1.82, 2.24) is 15.1 Å². The Morgan fingerprint density at radius 2 is 1.88 bits per heavy atom. The van der Waals surface area contributed by atoms with Gasteiger partial charge < -0.3 is 15.0 Å². The molecule has 0 amide bonds. The van der Waals surface area contributed by atoms with E-state index in [4.69, 9.17) is 4.74 Å². The van der Waals surface area contributed by atoms with Crippen molar-refractivity contribution >= 4 is 5.96 Å². The second-order valence-corrected chi connectivity index (χ2v) is 7.09. The third kappa shape index (κ3) is 5.74. The highest BCUT2D eigenvalue weighted by atomic mass is 19.4. The quantitative estimate of drug-likeness (QED) is 0.428. The van der Waals surface area contributed by atoms with Crippen LogP contribution in [-0.2, 0) is 4.74 Å². The van der Waals surface area contributed by atoms with E-state index in [1.54, 1.807) is 7.05 Å². The van der Waals surface area contributed by atoms with E-state index < -0.39 is 12.2 Å². The lowest BCUT2D eigenvalue weighted by Crippen LogP contribution is -2.57. The van der Waals surface area contributed by atoms with Crippen LogP contribution in [0.3, 0.4) is 0 Å². The first-order chi connectivity index (χ1) is 11.8. The average Bonchev–Trinajstić information content (AvgIpc) is 3.35. The molecule has 1 aliphatic heterocycles. The first-order valence-electron chi connectivity index (χ1n) is 9.15. The highest BCUT2D eigenvalue weighted by Crippen LogP contribution is 2.48. The number of alkyl halides is 3. The van der Waals surface area contributed by atoms with Crippen molar-refractivity contribution in [2.24, 2.45) is 10.4 Å². The fourth-order valence-electron chi connectivity index (χ4n) is 3.25. The fourth-order valence-corrected chi connectivity index (χ4v) is 3.25. The van der Waals surface area contributed by atoms with Gasteiger partial charge in [0.2, 0.25) is 0 Å². The molecule has 25 heavy (non-hydrogen) atoms. The van der Waals surface area contributed by atoms with Crippen LogP contribution in [0.15, 0.2) is 4.99 Å². The Morgan fingerprint density at radius 1 is 1.24 bits per heavy atom. The summed E-state index contributed by atoms with van der Waals surface area (Å²) in [5, 5.41) is 3.42. The number of aliphatic imine (C=N–C) groups is 1. The normalized spacial score (nSPS) is 22.8. The first-order valence-corrected chi connectivity index (χ1v) is 9.15. The minimum Gasteiger partial charge on any atom is -0.382 e. The summed E-state index contributed by atoms with van der Waals surface area (Å²) < 4.78 is 44.0. The number of halogens is 3. The van der Waals surface area contributed by atoms with Crippen LogP contribution >= 0.6 is 0 Å². The zero-order chi connectivity index (χ0) is 18.5. The summed E-state index contributed by atoms with van der Waals surface area (Å²) in [6.45, 7) is 7.53. The molecule has 0 radical (unpaired) electrons. The molecule has 0 aromatic carbocycles. The van der Waals surface area contributed by atoms with Crippen LogP contribution < -0.4 is 5.32 Å². The topological polar surface area (TPSA) is 40.1 Å². The molecule has 1 saturated heterocycles. The summed E-state index contributed by atoms with van der Waals surface area (Å²) in [7, 11) is 1.73. The number of piperazine rings is 1. The molecule has 0 aromatic heterocycles. The molecule has 1 atom stereocenters. The maximum atomic E-state index is 12.8. The summed E-state index contributed by atoms with van der Waals surface area (Å²) in [6.07, 6.45) is -0.732. The Balaban J connectivity index is 1.77. The van der Waals surface area contributed by atoms with Gasteiger partial charge in [0.25, 0.3) is 0 Å². The van der Waals surface area contributed by atoms with E-state index in [1.165, 1.54) is 24.7 Å². The summed E-state index contributed by atoms with van der Waals surface area (Å²) in [6, 6.07) is -1.39. The van der Waals surface area contributed by atoms with Crippen LogP contribution in [0.1, 0.15) is 33.1 Å². The van der Waals surface area contributed by atoms with Gasteiger partial charge in [-0.3, -0.25) is 9.89 Å². The summed E-state index contributed by atoms with van der Waals surface area (Å²) in [5.41, 5.74) is 0.303. The number of hydrogen-bond acceptors (Lipinski definition) is 3. The molecular formula is C17H31F3N4O. The molecule has 146 valence electrons. The molecule has 0 spiro atoms. The van der Waals surface area contributed by atoms with Gasteiger partial charge in [-0.25, -0.2) is 0 Å². The predicted molar refractivity (Wildman–Crippen MR) is 92.8 cm³/mol. The van der Waals surface area contributed by atoms with Gasteiger partial charge in [-0.2, -0.15) is 13.2 Å². The third-order valence-corrected chi connectivity index (χ3v) is 5.41. The van der Waals surface area contributed by atoms with Crippen LogP contribution in [-0.4, -0.2) is 81.0 Å². The molecule has 8 heteroatoms. The van der Waals surface area contributed by atoms with E-state index in [-0.39, 0.29) is 0 Å². The summed E-state index contributed by atoms with van der Waals surface area (Å²) in [5.74, 6) is 0.794. The first kappa shape index (κ1) is 20.3. The van der Waals surface area contributed by atoms with E-state index in [2.05, 4.69) is 15.2 Å². The van der Waals surface area contributed by atoms with Crippen molar-refractivity contribution in [2.75, 3.05) is 53.0 Å². The van der Waals surface area contributed by atoms with Crippen LogP contribution in [0, 0.1) is 5.41 Å². The van der Waals surface area contributed by atoms with Gasteiger partial charge in [-0.05, 0) is 38.5 Å². The molecule has 1 saturated carbocycles. The molecule has 1 N–H and O–H groups in total. The molecule has 2 fully saturated rings. The maximum absolute atomic E-state index is 12.8. The lowest BCUT2D eigenvalue weighted by molar-refractivity contribution is -0.181. The number of ether oxygens (including phenoxy) is 1. The van der Waals surface area contributed by atoms with Crippen molar-refractivity contribution in [3.63, 3.8) is 0 Å². The van der Waals surface area contributed by atoms with Crippen molar-refractivity contribution in [3.05, 3.63) is 0 Å². The molecular weight excluding hydrogens is 333 g/mol. The SMILES string of the molecule is CCOCCC1(CNC(=NC)N2CCN(C(C)C(F)(F)F)CC2)CC1. The standard InChI is InChI=1S/C17H31F3N4O/c1-4-25-12-7-16(5-6-16)13-22-15(21-3)24-10-8-23(9-11-24)14(2)17(18,19)20/h14H,4-13H2,1-3H3,(H,21,22). The van der Waals surface area contributed by atoms with Crippen molar-refractivity contribution in [2.45, 2.75) is 45.3 Å². The Bertz CT molecular complexity index is 444. The molecule has 0 bridgehead atoms. The Labute approximate surface area is 148 Å². The van der Waals surface area contributed by atoms with Gasteiger partial charge in [0.15, 0.2) is 5.96 Å². The second kappa shape index (κ2) is 8.58. The van der Waals surface area contributed by atoms with Crippen LogP contribution in [0.4, 0.5) is 13.2 Å². The monoisotopic (exact) mass is 364 g/mol. The molecule has 1 heterocycles. The zero-order valence-corrected chi connectivity index (χ0v) is 15.5. The molecule has 1 aliphatic carbocycles. The summed E-state index contributed by atoms with van der Waals surface area (Å²) >= 11 is 0. The van der Waals surface area contributed by atoms with E-state index in [1.807, 2.05) is 6.92 Å². The largest absolute Gasteiger partial charge is 0.403 e.